The van der Waals surface area contributed by atoms with Crippen LogP contribution < -0.4 is 5.73 Å². The van der Waals surface area contributed by atoms with Crippen molar-refractivity contribution in [3.63, 3.8) is 0 Å². The number of nitrogens with two attached hydrogens (primary N) is 1. The molecule has 2 rings (SSSR count). The van der Waals surface area contributed by atoms with E-state index in [4.69, 9.17) is 10.3 Å². The highest BCUT2D eigenvalue weighted by atomic mass is 32.2. The zero-order chi connectivity index (χ0) is 11.1. The van der Waals surface area contributed by atoms with Crippen LogP contribution in [-0.4, -0.2) is 17.8 Å². The second-order valence-corrected chi connectivity index (χ2v) is 5.35. The first kappa shape index (κ1) is 10.4. The van der Waals surface area contributed by atoms with E-state index in [0.717, 1.165) is 11.1 Å². The lowest BCUT2D eigenvalue weighted by atomic mass is 9.94. The van der Waals surface area contributed by atoms with Gasteiger partial charge in [-0.2, -0.15) is 8.42 Å². The Bertz CT molecular complexity index is 521. The first-order valence-corrected chi connectivity index (χ1v) is 5.89. The lowest BCUT2D eigenvalue weighted by molar-refractivity contribution is 0.446. The Morgan fingerprint density at radius 2 is 2.00 bits per heavy atom. The Morgan fingerprint density at radius 1 is 1.33 bits per heavy atom. The minimum Gasteiger partial charge on any atom is -0.307 e. The van der Waals surface area contributed by atoms with Crippen molar-refractivity contribution in [2.75, 3.05) is 0 Å². The normalized spacial score (nSPS) is 24.9. The van der Waals surface area contributed by atoms with Gasteiger partial charge in [-0.1, -0.05) is 30.3 Å². The Balaban J connectivity index is 2.51. The number of hydrogen-bond acceptors (Lipinski definition) is 3. The molecule has 3 N–H and O–H groups in total. The monoisotopic (exact) mass is 225 g/mol. The fourth-order valence-corrected chi connectivity index (χ4v) is 2.20. The first-order chi connectivity index (χ1) is 6.92. The van der Waals surface area contributed by atoms with Gasteiger partial charge in [0.15, 0.2) is 4.87 Å². The van der Waals surface area contributed by atoms with E-state index in [2.05, 4.69) is 0 Å². The Morgan fingerprint density at radius 3 is 2.67 bits per heavy atom. The zero-order valence-corrected chi connectivity index (χ0v) is 8.74. The van der Waals surface area contributed by atoms with Crippen molar-refractivity contribution in [1.29, 1.82) is 0 Å². The number of hydrogen-bond donors (Lipinski definition) is 2. The zero-order valence-electron chi connectivity index (χ0n) is 7.92. The largest absolute Gasteiger partial charge is 0.307 e. The van der Waals surface area contributed by atoms with Gasteiger partial charge in [0, 0.05) is 6.42 Å². The van der Waals surface area contributed by atoms with E-state index in [9.17, 15) is 8.42 Å². The first-order valence-electron chi connectivity index (χ1n) is 4.45. The quantitative estimate of drug-likeness (QED) is 0.693. The van der Waals surface area contributed by atoms with Crippen molar-refractivity contribution in [3.05, 3.63) is 41.5 Å². The van der Waals surface area contributed by atoms with Crippen LogP contribution >= 0.6 is 0 Å². The van der Waals surface area contributed by atoms with Crippen molar-refractivity contribution in [2.45, 2.75) is 11.3 Å². The van der Waals surface area contributed by atoms with E-state index in [1.165, 1.54) is 6.08 Å². The molecule has 0 aromatic heterocycles. The third-order valence-electron chi connectivity index (χ3n) is 2.55. The summed E-state index contributed by atoms with van der Waals surface area (Å²) in [5.41, 5.74) is 7.38. The van der Waals surface area contributed by atoms with Gasteiger partial charge in [0.05, 0.1) is 0 Å². The van der Waals surface area contributed by atoms with Crippen LogP contribution in [0.2, 0.25) is 0 Å². The predicted molar refractivity (Wildman–Crippen MR) is 57.6 cm³/mol. The van der Waals surface area contributed by atoms with Crippen LogP contribution in [0.4, 0.5) is 0 Å². The van der Waals surface area contributed by atoms with Gasteiger partial charge in [0.2, 0.25) is 0 Å². The summed E-state index contributed by atoms with van der Waals surface area (Å²) in [6.45, 7) is 0. The molecule has 80 valence electrons. The Labute approximate surface area is 88.2 Å². The molecule has 0 saturated carbocycles. The second kappa shape index (κ2) is 3.16. The van der Waals surface area contributed by atoms with Crippen molar-refractivity contribution < 1.29 is 13.0 Å². The molecule has 1 aromatic carbocycles. The van der Waals surface area contributed by atoms with Crippen molar-refractivity contribution in [2.24, 2.45) is 5.73 Å². The summed E-state index contributed by atoms with van der Waals surface area (Å²) in [6.07, 6.45) is 3.04. The molecule has 0 saturated heterocycles. The molecular weight excluding hydrogens is 214 g/mol. The number of benzene rings is 1. The van der Waals surface area contributed by atoms with Gasteiger partial charge in [0.1, 0.15) is 0 Å². The fraction of sp³-hybridized carbons (Fsp3) is 0.200. The maximum atomic E-state index is 11.1. The van der Waals surface area contributed by atoms with Crippen molar-refractivity contribution >= 4 is 16.2 Å². The molecular formula is C10H11NO3S. The maximum Gasteiger partial charge on any atom is 0.287 e. The topological polar surface area (TPSA) is 80.4 Å². The third-order valence-corrected chi connectivity index (χ3v) is 3.79. The lowest BCUT2D eigenvalue weighted by Crippen LogP contribution is -2.48. The summed E-state index contributed by atoms with van der Waals surface area (Å²) in [5.74, 6) is 0. The Kier molecular flexibility index (Phi) is 2.18. The highest BCUT2D eigenvalue weighted by molar-refractivity contribution is 7.87. The fourth-order valence-electron chi connectivity index (χ4n) is 1.62. The van der Waals surface area contributed by atoms with Crippen molar-refractivity contribution in [3.8, 4) is 0 Å². The van der Waals surface area contributed by atoms with Gasteiger partial charge in [-0.25, -0.2) is 0 Å². The summed E-state index contributed by atoms with van der Waals surface area (Å²) < 4.78 is 31.2. The molecule has 1 aromatic rings. The van der Waals surface area contributed by atoms with Gasteiger partial charge < -0.3 is 5.73 Å². The number of rotatable bonds is 1. The summed E-state index contributed by atoms with van der Waals surface area (Å²) >= 11 is 0. The highest BCUT2D eigenvalue weighted by Crippen LogP contribution is 2.27. The minimum atomic E-state index is -4.28. The predicted octanol–water partition coefficient (Wildman–Crippen LogP) is 0.799. The molecule has 0 amide bonds. The smallest absolute Gasteiger partial charge is 0.287 e. The van der Waals surface area contributed by atoms with Gasteiger partial charge in [-0.15, -0.1) is 0 Å². The highest BCUT2D eigenvalue weighted by Gasteiger charge is 2.38. The molecule has 4 nitrogen and oxygen atoms in total. The van der Waals surface area contributed by atoms with Crippen LogP contribution in [0.15, 0.2) is 30.3 Å². The third kappa shape index (κ3) is 1.69. The molecule has 1 aliphatic rings. The van der Waals surface area contributed by atoms with Crippen LogP contribution in [0.1, 0.15) is 11.1 Å². The van der Waals surface area contributed by atoms with Crippen LogP contribution in [0.3, 0.4) is 0 Å². The molecule has 15 heavy (non-hydrogen) atoms. The molecule has 0 heterocycles. The van der Waals surface area contributed by atoms with Crippen LogP contribution in [0, 0.1) is 0 Å². The molecule has 5 heteroatoms. The molecule has 1 aliphatic carbocycles. The van der Waals surface area contributed by atoms with E-state index in [0.29, 0.717) is 0 Å². The van der Waals surface area contributed by atoms with Crippen molar-refractivity contribution in [1.82, 2.24) is 0 Å². The van der Waals surface area contributed by atoms with E-state index < -0.39 is 15.0 Å². The SMILES string of the molecule is NC1(S(=O)(=O)O)C=Cc2ccccc2C1. The molecule has 0 fully saturated rings. The van der Waals surface area contributed by atoms with E-state index in [-0.39, 0.29) is 6.42 Å². The van der Waals surface area contributed by atoms with E-state index >= 15 is 0 Å². The molecule has 0 aliphatic heterocycles. The molecule has 1 unspecified atom stereocenters. The minimum absolute atomic E-state index is 0.0957. The molecule has 0 radical (unpaired) electrons. The van der Waals surface area contributed by atoms with E-state index in [1.807, 2.05) is 18.2 Å². The van der Waals surface area contributed by atoms with Crippen LogP contribution in [-0.2, 0) is 16.5 Å². The molecule has 0 spiro atoms. The van der Waals surface area contributed by atoms with Crippen LogP contribution in [0.5, 0.6) is 0 Å². The van der Waals surface area contributed by atoms with Gasteiger partial charge in [-0.05, 0) is 17.2 Å². The van der Waals surface area contributed by atoms with Gasteiger partial charge in [0.25, 0.3) is 10.1 Å². The summed E-state index contributed by atoms with van der Waals surface area (Å²) in [6, 6.07) is 7.34. The van der Waals surface area contributed by atoms with Gasteiger partial charge >= 0.3 is 0 Å². The summed E-state index contributed by atoms with van der Waals surface area (Å²) in [4.78, 5) is -1.69. The van der Waals surface area contributed by atoms with E-state index in [1.54, 1.807) is 12.1 Å². The summed E-state index contributed by atoms with van der Waals surface area (Å²) in [5, 5.41) is 0. The average Bonchev–Trinajstić information content (AvgIpc) is 2.16. The molecule has 1 atom stereocenters. The lowest BCUT2D eigenvalue weighted by Gasteiger charge is -2.26. The van der Waals surface area contributed by atoms with Crippen LogP contribution in [0.25, 0.3) is 6.08 Å². The second-order valence-electron chi connectivity index (χ2n) is 3.64. The number of fused-ring (bicyclic) bond motifs is 1. The molecule has 0 bridgehead atoms. The standard InChI is InChI=1S/C10H11NO3S/c11-10(15(12,13)14)6-5-8-3-1-2-4-9(8)7-10/h1-6H,7,11H2,(H,12,13,14). The summed E-state index contributed by atoms with van der Waals surface area (Å²) in [7, 11) is -4.28. The Hall–Kier alpha value is -1.17. The maximum absolute atomic E-state index is 11.1. The average molecular weight is 225 g/mol. The van der Waals surface area contributed by atoms with Gasteiger partial charge in [-0.3, -0.25) is 4.55 Å².